The number of amides is 1. The highest BCUT2D eigenvalue weighted by Crippen LogP contribution is 2.29. The highest BCUT2D eigenvalue weighted by molar-refractivity contribution is 7.99. The van der Waals surface area contributed by atoms with Crippen molar-refractivity contribution in [1.29, 1.82) is 0 Å². The minimum atomic E-state index is -0.872. The first-order valence-corrected chi connectivity index (χ1v) is 7.89. The predicted molar refractivity (Wildman–Crippen MR) is 75.3 cm³/mol. The van der Waals surface area contributed by atoms with Gasteiger partial charge in [-0.05, 0) is 11.4 Å². The molecule has 0 bridgehead atoms. The minimum Gasteiger partial charge on any atom is -0.495 e. The molecule has 1 N–H and O–H groups in total. The maximum absolute atomic E-state index is 12.5. The molecular weight excluding hydrogens is 286 g/mol. The summed E-state index contributed by atoms with van der Waals surface area (Å²) in [6, 6.07) is 1.51. The number of carbonyl (C=O) groups is 2. The van der Waals surface area contributed by atoms with E-state index in [1.165, 1.54) is 18.4 Å². The Morgan fingerprint density at radius 2 is 2.37 bits per heavy atom. The number of rotatable bonds is 4. The molecule has 1 atom stereocenters. The number of nitrogens with zero attached hydrogens (tertiary/aromatic N) is 1. The van der Waals surface area contributed by atoms with Crippen LogP contribution in [0.5, 0.6) is 5.75 Å². The molecule has 5 nitrogen and oxygen atoms in total. The monoisotopic (exact) mass is 301 g/mol. The molecule has 1 saturated heterocycles. The van der Waals surface area contributed by atoms with Crippen molar-refractivity contribution in [2.45, 2.75) is 12.5 Å². The Morgan fingerprint density at radius 3 is 3.05 bits per heavy atom. The summed E-state index contributed by atoms with van der Waals surface area (Å²) >= 11 is 3.01. The molecule has 1 aliphatic rings. The second-order valence-corrected chi connectivity index (χ2v) is 6.21. The van der Waals surface area contributed by atoms with Gasteiger partial charge in [0.1, 0.15) is 10.6 Å². The molecule has 2 heterocycles. The maximum Gasteiger partial charge on any atom is 0.305 e. The predicted octanol–water partition coefficient (Wildman–Crippen LogP) is 1.79. The number of carbonyl (C=O) groups excluding carboxylic acids is 1. The average Bonchev–Trinajstić information content (AvgIpc) is 2.86. The van der Waals surface area contributed by atoms with Gasteiger partial charge in [-0.2, -0.15) is 11.8 Å². The molecule has 7 heteroatoms. The highest BCUT2D eigenvalue weighted by atomic mass is 32.2. The number of hydrogen-bond acceptors (Lipinski definition) is 5. The topological polar surface area (TPSA) is 66.8 Å². The lowest BCUT2D eigenvalue weighted by molar-refractivity contribution is -0.138. The van der Waals surface area contributed by atoms with Crippen molar-refractivity contribution >= 4 is 35.0 Å². The van der Waals surface area contributed by atoms with E-state index in [0.717, 1.165) is 5.75 Å². The zero-order valence-corrected chi connectivity index (χ0v) is 12.1. The van der Waals surface area contributed by atoms with E-state index < -0.39 is 5.97 Å². The van der Waals surface area contributed by atoms with Crippen LogP contribution >= 0.6 is 23.1 Å². The van der Waals surface area contributed by atoms with E-state index in [4.69, 9.17) is 9.84 Å². The van der Waals surface area contributed by atoms with Crippen LogP contribution in [0.1, 0.15) is 16.1 Å². The lowest BCUT2D eigenvalue weighted by Gasteiger charge is -2.34. The Kier molecular flexibility index (Phi) is 4.71. The highest BCUT2D eigenvalue weighted by Gasteiger charge is 2.31. The molecule has 1 aliphatic heterocycles. The first-order valence-electron chi connectivity index (χ1n) is 5.85. The third-order valence-electron chi connectivity index (χ3n) is 2.94. The Hall–Kier alpha value is -1.21. The number of carboxylic acid groups (broad SMARTS) is 1. The third kappa shape index (κ3) is 3.22. The molecular formula is C12H15NO4S2. The fourth-order valence-corrected chi connectivity index (χ4v) is 3.91. The lowest BCUT2D eigenvalue weighted by atomic mass is 10.2. The summed E-state index contributed by atoms with van der Waals surface area (Å²) < 4.78 is 5.16. The lowest BCUT2D eigenvalue weighted by Crippen LogP contribution is -2.47. The molecule has 0 aliphatic carbocycles. The average molecular weight is 301 g/mol. The number of aliphatic carboxylic acids is 1. The molecule has 19 heavy (non-hydrogen) atoms. The van der Waals surface area contributed by atoms with Crippen molar-refractivity contribution in [3.8, 4) is 5.75 Å². The van der Waals surface area contributed by atoms with Gasteiger partial charge in [0.15, 0.2) is 0 Å². The molecule has 0 saturated carbocycles. The van der Waals surface area contributed by atoms with Crippen LogP contribution in [0.3, 0.4) is 0 Å². The van der Waals surface area contributed by atoms with Crippen molar-refractivity contribution in [2.75, 3.05) is 25.2 Å². The fraction of sp³-hybridized carbons (Fsp3) is 0.500. The van der Waals surface area contributed by atoms with E-state index in [2.05, 4.69) is 0 Å². The van der Waals surface area contributed by atoms with E-state index in [1.54, 1.807) is 28.1 Å². The molecule has 1 amide bonds. The van der Waals surface area contributed by atoms with Crippen molar-refractivity contribution in [1.82, 2.24) is 4.90 Å². The van der Waals surface area contributed by atoms with Gasteiger partial charge in [-0.1, -0.05) is 0 Å². The van der Waals surface area contributed by atoms with Gasteiger partial charge in [-0.3, -0.25) is 9.59 Å². The summed E-state index contributed by atoms with van der Waals surface area (Å²) in [7, 11) is 1.53. The molecule has 1 aromatic rings. The second kappa shape index (κ2) is 6.29. The van der Waals surface area contributed by atoms with E-state index in [9.17, 15) is 9.59 Å². The summed E-state index contributed by atoms with van der Waals surface area (Å²) in [5.41, 5.74) is 0. The Balaban J connectivity index is 2.17. The normalized spacial score (nSPS) is 19.2. The number of carboxylic acids is 1. The van der Waals surface area contributed by atoms with Gasteiger partial charge in [0.25, 0.3) is 5.91 Å². The van der Waals surface area contributed by atoms with Gasteiger partial charge in [0.2, 0.25) is 0 Å². The standard InChI is InChI=1S/C12H15NO4S2/c1-17-9-2-4-19-11(9)12(16)13-3-5-18-7-8(13)6-10(14)15/h2,4,8H,3,5-7H2,1H3,(H,14,15). The molecule has 1 unspecified atom stereocenters. The molecule has 1 fully saturated rings. The van der Waals surface area contributed by atoms with Gasteiger partial charge in [0.05, 0.1) is 19.6 Å². The number of ether oxygens (including phenoxy) is 1. The van der Waals surface area contributed by atoms with Crippen molar-refractivity contribution in [2.24, 2.45) is 0 Å². The summed E-state index contributed by atoms with van der Waals surface area (Å²) in [4.78, 5) is 25.6. The summed E-state index contributed by atoms with van der Waals surface area (Å²) in [6.45, 7) is 0.586. The quantitative estimate of drug-likeness (QED) is 0.918. The summed E-state index contributed by atoms with van der Waals surface area (Å²) in [5.74, 6) is 1.07. The fourth-order valence-electron chi connectivity index (χ4n) is 2.04. The first kappa shape index (κ1) is 14.2. The van der Waals surface area contributed by atoms with Gasteiger partial charge in [0, 0.05) is 18.1 Å². The van der Waals surface area contributed by atoms with E-state index in [0.29, 0.717) is 22.9 Å². The van der Waals surface area contributed by atoms with E-state index in [-0.39, 0.29) is 18.4 Å². The van der Waals surface area contributed by atoms with Crippen LogP contribution in [0.4, 0.5) is 0 Å². The number of methoxy groups -OCH3 is 1. The van der Waals surface area contributed by atoms with Crippen molar-refractivity contribution in [3.63, 3.8) is 0 Å². The van der Waals surface area contributed by atoms with Crippen molar-refractivity contribution in [3.05, 3.63) is 16.3 Å². The smallest absolute Gasteiger partial charge is 0.305 e. The maximum atomic E-state index is 12.5. The van der Waals surface area contributed by atoms with E-state index >= 15 is 0 Å². The Morgan fingerprint density at radius 1 is 1.58 bits per heavy atom. The third-order valence-corrected chi connectivity index (χ3v) is 4.92. The molecule has 0 radical (unpaired) electrons. The SMILES string of the molecule is COc1ccsc1C(=O)N1CCSCC1CC(=O)O. The second-order valence-electron chi connectivity index (χ2n) is 4.14. The van der Waals surface area contributed by atoms with Gasteiger partial charge >= 0.3 is 5.97 Å². The van der Waals surface area contributed by atoms with Gasteiger partial charge in [-0.25, -0.2) is 0 Å². The van der Waals surface area contributed by atoms with Crippen LogP contribution in [-0.4, -0.2) is 53.1 Å². The zero-order chi connectivity index (χ0) is 13.8. The molecule has 104 valence electrons. The largest absolute Gasteiger partial charge is 0.495 e. The number of thiophene rings is 1. The van der Waals surface area contributed by atoms with E-state index in [1.807, 2.05) is 0 Å². The van der Waals surface area contributed by atoms with Crippen LogP contribution in [0.25, 0.3) is 0 Å². The Labute approximate surface area is 119 Å². The number of hydrogen-bond donors (Lipinski definition) is 1. The molecule has 1 aromatic heterocycles. The van der Waals surface area contributed by atoms with Gasteiger partial charge < -0.3 is 14.7 Å². The summed E-state index contributed by atoms with van der Waals surface area (Å²) in [5, 5.41) is 10.7. The minimum absolute atomic E-state index is 0.00751. The Bertz CT molecular complexity index is 474. The van der Waals surface area contributed by atoms with Crippen LogP contribution in [0, 0.1) is 0 Å². The first-order chi connectivity index (χ1) is 9.13. The van der Waals surface area contributed by atoms with Crippen LogP contribution in [-0.2, 0) is 4.79 Å². The van der Waals surface area contributed by atoms with Crippen LogP contribution in [0.2, 0.25) is 0 Å². The van der Waals surface area contributed by atoms with Crippen LogP contribution < -0.4 is 4.74 Å². The number of thioether (sulfide) groups is 1. The summed E-state index contributed by atoms with van der Waals surface area (Å²) in [6.07, 6.45) is -0.00751. The van der Waals surface area contributed by atoms with Gasteiger partial charge in [-0.15, -0.1) is 11.3 Å². The molecule has 0 spiro atoms. The zero-order valence-electron chi connectivity index (χ0n) is 10.5. The molecule has 2 rings (SSSR count). The van der Waals surface area contributed by atoms with Crippen LogP contribution in [0.15, 0.2) is 11.4 Å². The van der Waals surface area contributed by atoms with Crippen molar-refractivity contribution < 1.29 is 19.4 Å². The molecule has 0 aromatic carbocycles.